The molecule has 0 spiro atoms. The SMILES string of the molecule is Cc1cc([C@@H](C)OC(=O)Nc2c(-c3ccc(NS(C)(=O)=O)cn3)nnn2C)c(F)cn1. The van der Waals surface area contributed by atoms with Gasteiger partial charge in [0.25, 0.3) is 0 Å². The average Bonchev–Trinajstić information content (AvgIpc) is 3.03. The van der Waals surface area contributed by atoms with Crippen LogP contribution in [0.25, 0.3) is 11.4 Å². The zero-order valence-corrected chi connectivity index (χ0v) is 17.9. The van der Waals surface area contributed by atoms with Gasteiger partial charge in [-0.05, 0) is 32.0 Å². The minimum absolute atomic E-state index is 0.194. The molecule has 3 heterocycles. The topological polar surface area (TPSA) is 141 Å². The Balaban J connectivity index is 1.76. The van der Waals surface area contributed by atoms with E-state index in [-0.39, 0.29) is 22.8 Å². The molecule has 3 aromatic rings. The Kier molecular flexibility index (Phi) is 6.15. The van der Waals surface area contributed by atoms with E-state index >= 15 is 0 Å². The molecule has 13 heteroatoms. The maximum Gasteiger partial charge on any atom is 0.413 e. The minimum atomic E-state index is -3.44. The van der Waals surface area contributed by atoms with Gasteiger partial charge in [-0.15, -0.1) is 5.10 Å². The summed E-state index contributed by atoms with van der Waals surface area (Å²) in [5.74, 6) is -0.388. The van der Waals surface area contributed by atoms with Crippen LogP contribution in [0.5, 0.6) is 0 Å². The van der Waals surface area contributed by atoms with Crippen molar-refractivity contribution < 1.29 is 22.3 Å². The molecule has 1 atom stereocenters. The highest BCUT2D eigenvalue weighted by Gasteiger charge is 2.21. The van der Waals surface area contributed by atoms with Crippen molar-refractivity contribution in [1.82, 2.24) is 25.0 Å². The van der Waals surface area contributed by atoms with Crippen LogP contribution in [-0.4, -0.2) is 45.7 Å². The molecule has 0 aliphatic carbocycles. The molecule has 0 aliphatic heterocycles. The van der Waals surface area contributed by atoms with E-state index in [1.165, 1.54) is 36.0 Å². The summed E-state index contributed by atoms with van der Waals surface area (Å²) in [6.45, 7) is 3.24. The van der Waals surface area contributed by atoms with E-state index in [1.807, 2.05) is 0 Å². The van der Waals surface area contributed by atoms with Gasteiger partial charge in [0.05, 0.1) is 30.0 Å². The molecule has 0 aromatic carbocycles. The minimum Gasteiger partial charge on any atom is -0.441 e. The Labute approximate surface area is 177 Å². The summed E-state index contributed by atoms with van der Waals surface area (Å²) in [5, 5.41) is 10.4. The summed E-state index contributed by atoms with van der Waals surface area (Å²) in [7, 11) is -1.88. The van der Waals surface area contributed by atoms with Crippen LogP contribution in [0, 0.1) is 12.7 Å². The summed E-state index contributed by atoms with van der Waals surface area (Å²) < 4.78 is 45.5. The molecule has 31 heavy (non-hydrogen) atoms. The number of pyridine rings is 2. The molecule has 0 saturated carbocycles. The molecule has 3 aromatic heterocycles. The van der Waals surface area contributed by atoms with E-state index in [4.69, 9.17) is 4.74 Å². The molecular weight excluding hydrogens is 429 g/mol. The van der Waals surface area contributed by atoms with Crippen LogP contribution >= 0.6 is 0 Å². The second kappa shape index (κ2) is 8.63. The first-order valence-electron chi connectivity index (χ1n) is 8.97. The largest absolute Gasteiger partial charge is 0.441 e. The number of nitrogens with one attached hydrogen (secondary N) is 2. The lowest BCUT2D eigenvalue weighted by Crippen LogP contribution is -2.19. The number of rotatable bonds is 6. The third-order valence-corrected chi connectivity index (χ3v) is 4.71. The number of hydrogen-bond acceptors (Lipinski definition) is 8. The first kappa shape index (κ1) is 22.1. The lowest BCUT2D eigenvalue weighted by Gasteiger charge is -2.15. The van der Waals surface area contributed by atoms with Crippen LogP contribution in [0.15, 0.2) is 30.6 Å². The number of amides is 1. The van der Waals surface area contributed by atoms with Crippen LogP contribution in [0.4, 0.5) is 20.7 Å². The molecule has 0 unspecified atom stereocenters. The predicted octanol–water partition coefficient (Wildman–Crippen LogP) is 2.40. The number of carbonyl (C=O) groups is 1. The van der Waals surface area contributed by atoms with Crippen molar-refractivity contribution in [3.05, 3.63) is 47.7 Å². The highest BCUT2D eigenvalue weighted by molar-refractivity contribution is 7.92. The Morgan fingerprint density at radius 1 is 1.26 bits per heavy atom. The fourth-order valence-corrected chi connectivity index (χ4v) is 3.25. The highest BCUT2D eigenvalue weighted by Crippen LogP contribution is 2.26. The van der Waals surface area contributed by atoms with Gasteiger partial charge in [-0.25, -0.2) is 22.3 Å². The Bertz CT molecular complexity index is 1210. The first-order valence-corrected chi connectivity index (χ1v) is 10.9. The number of aryl methyl sites for hydroxylation is 2. The van der Waals surface area contributed by atoms with E-state index in [1.54, 1.807) is 14.0 Å². The van der Waals surface area contributed by atoms with E-state index < -0.39 is 28.0 Å². The van der Waals surface area contributed by atoms with Gasteiger partial charge in [0, 0.05) is 18.3 Å². The van der Waals surface area contributed by atoms with E-state index in [0.717, 1.165) is 12.5 Å². The Morgan fingerprint density at radius 2 is 2.00 bits per heavy atom. The van der Waals surface area contributed by atoms with Crippen molar-refractivity contribution in [2.45, 2.75) is 20.0 Å². The Hall–Kier alpha value is -3.61. The zero-order chi connectivity index (χ0) is 22.8. The molecular formula is C18H20FN7O4S. The van der Waals surface area contributed by atoms with E-state index in [0.29, 0.717) is 11.4 Å². The van der Waals surface area contributed by atoms with Crippen LogP contribution < -0.4 is 10.0 Å². The maximum absolute atomic E-state index is 14.0. The Morgan fingerprint density at radius 3 is 2.65 bits per heavy atom. The third kappa shape index (κ3) is 5.51. The molecule has 3 rings (SSSR count). The van der Waals surface area contributed by atoms with Crippen LogP contribution in [-0.2, 0) is 21.8 Å². The number of hydrogen-bond donors (Lipinski definition) is 2. The van der Waals surface area contributed by atoms with E-state index in [9.17, 15) is 17.6 Å². The molecule has 11 nitrogen and oxygen atoms in total. The monoisotopic (exact) mass is 449 g/mol. The number of carbonyl (C=O) groups excluding carboxylic acids is 1. The summed E-state index contributed by atoms with van der Waals surface area (Å²) in [6, 6.07) is 4.52. The molecule has 1 amide bonds. The number of aromatic nitrogens is 5. The second-order valence-corrected chi connectivity index (χ2v) is 8.48. The van der Waals surface area contributed by atoms with Gasteiger partial charge in [-0.3, -0.25) is 20.0 Å². The first-order chi connectivity index (χ1) is 14.5. The van der Waals surface area contributed by atoms with Crippen molar-refractivity contribution in [2.24, 2.45) is 7.05 Å². The van der Waals surface area contributed by atoms with Gasteiger partial charge in [0.15, 0.2) is 11.5 Å². The zero-order valence-electron chi connectivity index (χ0n) is 17.1. The molecule has 0 radical (unpaired) electrons. The second-order valence-electron chi connectivity index (χ2n) is 6.74. The third-order valence-electron chi connectivity index (χ3n) is 4.10. The lowest BCUT2D eigenvalue weighted by molar-refractivity contribution is 0.119. The summed E-state index contributed by atoms with van der Waals surface area (Å²) in [6.07, 6.45) is 1.69. The highest BCUT2D eigenvalue weighted by atomic mass is 32.2. The summed E-state index contributed by atoms with van der Waals surface area (Å²) >= 11 is 0. The molecule has 0 saturated heterocycles. The van der Waals surface area contributed by atoms with Gasteiger partial charge in [0.2, 0.25) is 10.0 Å². The van der Waals surface area contributed by atoms with Gasteiger partial charge in [0.1, 0.15) is 11.9 Å². The molecule has 0 aliphatic rings. The molecule has 0 fully saturated rings. The van der Waals surface area contributed by atoms with Crippen molar-refractivity contribution in [1.29, 1.82) is 0 Å². The lowest BCUT2D eigenvalue weighted by atomic mass is 10.1. The maximum atomic E-state index is 14.0. The van der Waals surface area contributed by atoms with Gasteiger partial charge < -0.3 is 4.74 Å². The normalized spacial score (nSPS) is 12.3. The van der Waals surface area contributed by atoms with Gasteiger partial charge >= 0.3 is 6.09 Å². The van der Waals surface area contributed by atoms with E-state index in [2.05, 4.69) is 30.3 Å². The van der Waals surface area contributed by atoms with Gasteiger partial charge in [-0.1, -0.05) is 5.21 Å². The van der Waals surface area contributed by atoms with Crippen molar-refractivity contribution in [3.8, 4) is 11.4 Å². The quantitative estimate of drug-likeness (QED) is 0.584. The average molecular weight is 449 g/mol. The van der Waals surface area contributed by atoms with Crippen molar-refractivity contribution in [3.63, 3.8) is 0 Å². The fraction of sp³-hybridized carbons (Fsp3) is 0.278. The van der Waals surface area contributed by atoms with Crippen molar-refractivity contribution >= 4 is 27.6 Å². The van der Waals surface area contributed by atoms with Gasteiger partial charge in [-0.2, -0.15) is 0 Å². The fourth-order valence-electron chi connectivity index (χ4n) is 2.70. The van der Waals surface area contributed by atoms with Crippen molar-refractivity contribution in [2.75, 3.05) is 16.3 Å². The molecule has 164 valence electrons. The van der Waals surface area contributed by atoms with Crippen LogP contribution in [0.3, 0.4) is 0 Å². The molecule has 2 N–H and O–H groups in total. The van der Waals surface area contributed by atoms with Crippen LogP contribution in [0.1, 0.15) is 24.3 Å². The number of nitrogens with zero attached hydrogens (tertiary/aromatic N) is 5. The summed E-state index contributed by atoms with van der Waals surface area (Å²) in [4.78, 5) is 20.4. The number of sulfonamides is 1. The predicted molar refractivity (Wildman–Crippen MR) is 110 cm³/mol. The standard InChI is InChI=1S/C18H20FN7O4S/c1-10-7-13(14(19)9-20-10)11(2)30-18(27)22-17-16(23-25-26(17)3)15-6-5-12(8-21-15)24-31(4,28)29/h5-9,11,24H,1-4H3,(H,22,27)/t11-/m1/s1. The number of halogens is 1. The van der Waals surface area contributed by atoms with Crippen LogP contribution in [0.2, 0.25) is 0 Å². The number of anilines is 2. The number of ether oxygens (including phenoxy) is 1. The molecule has 0 bridgehead atoms. The smallest absolute Gasteiger partial charge is 0.413 e. The summed E-state index contributed by atoms with van der Waals surface area (Å²) in [5.41, 5.74) is 1.63.